The molecular formula is C20H27BrN6O3S. The van der Waals surface area contributed by atoms with Crippen LogP contribution in [0.3, 0.4) is 0 Å². The number of halogens is 1. The molecule has 3 heterocycles. The normalized spacial score (nSPS) is 19.0. The molecule has 0 aliphatic carbocycles. The molecule has 9 nitrogen and oxygen atoms in total. The molecule has 1 aromatic carbocycles. The predicted octanol–water partition coefficient (Wildman–Crippen LogP) is 0.864. The summed E-state index contributed by atoms with van der Waals surface area (Å²) in [4.78, 5) is 6.81. The minimum atomic E-state index is -3.53. The van der Waals surface area contributed by atoms with Crippen molar-refractivity contribution in [3.05, 3.63) is 40.9 Å². The Morgan fingerprint density at radius 2 is 1.39 bits per heavy atom. The smallest absolute Gasteiger partial charge is 0.244 e. The van der Waals surface area contributed by atoms with Gasteiger partial charge in [-0.2, -0.15) is 4.31 Å². The van der Waals surface area contributed by atoms with Gasteiger partial charge in [0.2, 0.25) is 10.0 Å². The van der Waals surface area contributed by atoms with Gasteiger partial charge >= 0.3 is 0 Å². The topological polar surface area (TPSA) is 93.1 Å². The average molecular weight is 511 g/mol. The summed E-state index contributed by atoms with van der Waals surface area (Å²) in [6.45, 7) is 6.36. The fourth-order valence-corrected chi connectivity index (χ4v) is 6.33. The lowest BCUT2D eigenvalue weighted by molar-refractivity contribution is 0.188. The standard InChI is InChI=1S/C20H27BrN6O3S/c21-17-3-1-2-4-18(17)31(29,30)27-13-11-26(12-14-27)20-6-5-19(22-23-20)25-9-7-24(8-10-25)15-16-28/h1-6,28H,7-16H2. The molecule has 2 fully saturated rings. The van der Waals surface area contributed by atoms with Crippen LogP contribution in [0.25, 0.3) is 0 Å². The van der Waals surface area contributed by atoms with Gasteiger partial charge in [0.15, 0.2) is 11.6 Å². The first kappa shape index (κ1) is 22.4. The van der Waals surface area contributed by atoms with Gasteiger partial charge in [-0.3, -0.25) is 4.90 Å². The van der Waals surface area contributed by atoms with Crippen molar-refractivity contribution in [3.8, 4) is 0 Å². The van der Waals surface area contributed by atoms with Crippen LogP contribution in [0, 0.1) is 0 Å². The van der Waals surface area contributed by atoms with Gasteiger partial charge in [0, 0.05) is 63.4 Å². The van der Waals surface area contributed by atoms with Gasteiger partial charge in [-0.1, -0.05) is 12.1 Å². The van der Waals surface area contributed by atoms with Crippen molar-refractivity contribution < 1.29 is 13.5 Å². The van der Waals surface area contributed by atoms with Gasteiger partial charge in [0.05, 0.1) is 11.5 Å². The lowest BCUT2D eigenvalue weighted by Crippen LogP contribution is -2.49. The van der Waals surface area contributed by atoms with Crippen molar-refractivity contribution >= 4 is 37.6 Å². The Hall–Kier alpha value is -1.79. The number of hydrogen-bond acceptors (Lipinski definition) is 8. The second-order valence-corrected chi connectivity index (χ2v) is 10.4. The van der Waals surface area contributed by atoms with Gasteiger partial charge in [-0.15, -0.1) is 10.2 Å². The maximum absolute atomic E-state index is 13.0. The third-order valence-corrected chi connectivity index (χ3v) is 8.68. The molecule has 2 aliphatic rings. The molecule has 168 valence electrons. The molecule has 2 aromatic rings. The molecule has 1 N–H and O–H groups in total. The van der Waals surface area contributed by atoms with Crippen LogP contribution in [-0.4, -0.2) is 98.4 Å². The number of hydrogen-bond donors (Lipinski definition) is 1. The van der Waals surface area contributed by atoms with Crippen LogP contribution < -0.4 is 9.80 Å². The van der Waals surface area contributed by atoms with Crippen molar-refractivity contribution in [1.82, 2.24) is 19.4 Å². The number of aromatic nitrogens is 2. The highest BCUT2D eigenvalue weighted by molar-refractivity contribution is 9.10. The lowest BCUT2D eigenvalue weighted by Gasteiger charge is -2.36. The zero-order valence-electron chi connectivity index (χ0n) is 17.3. The van der Waals surface area contributed by atoms with Crippen LogP contribution in [0.5, 0.6) is 0 Å². The van der Waals surface area contributed by atoms with E-state index in [4.69, 9.17) is 5.11 Å². The van der Waals surface area contributed by atoms with E-state index in [0.717, 1.165) is 37.8 Å². The van der Waals surface area contributed by atoms with Crippen LogP contribution in [0.2, 0.25) is 0 Å². The summed E-state index contributed by atoms with van der Waals surface area (Å²) in [5.74, 6) is 1.61. The molecule has 0 unspecified atom stereocenters. The first-order valence-electron chi connectivity index (χ1n) is 10.4. The second kappa shape index (κ2) is 9.78. The zero-order chi connectivity index (χ0) is 21.8. The fourth-order valence-electron chi connectivity index (χ4n) is 3.95. The van der Waals surface area contributed by atoms with E-state index in [9.17, 15) is 8.42 Å². The Morgan fingerprint density at radius 3 is 1.90 bits per heavy atom. The zero-order valence-corrected chi connectivity index (χ0v) is 19.7. The summed E-state index contributed by atoms with van der Waals surface area (Å²) >= 11 is 3.35. The maximum Gasteiger partial charge on any atom is 0.244 e. The summed E-state index contributed by atoms with van der Waals surface area (Å²) in [6, 6.07) is 10.8. The summed E-state index contributed by atoms with van der Waals surface area (Å²) in [6.07, 6.45) is 0. The molecule has 0 atom stereocenters. The molecule has 2 saturated heterocycles. The molecule has 4 rings (SSSR count). The first-order chi connectivity index (χ1) is 15.0. The van der Waals surface area contributed by atoms with Gasteiger partial charge in [-0.25, -0.2) is 8.42 Å². The van der Waals surface area contributed by atoms with E-state index >= 15 is 0 Å². The van der Waals surface area contributed by atoms with Gasteiger partial charge in [0.1, 0.15) is 0 Å². The van der Waals surface area contributed by atoms with Crippen molar-refractivity contribution in [2.24, 2.45) is 0 Å². The number of benzene rings is 1. The van der Waals surface area contributed by atoms with E-state index in [2.05, 4.69) is 40.8 Å². The van der Waals surface area contributed by atoms with Crippen molar-refractivity contribution in [2.45, 2.75) is 4.90 Å². The van der Waals surface area contributed by atoms with Crippen LogP contribution in [0.15, 0.2) is 45.8 Å². The Balaban J connectivity index is 1.35. The highest BCUT2D eigenvalue weighted by Gasteiger charge is 2.30. The lowest BCUT2D eigenvalue weighted by atomic mass is 10.3. The average Bonchev–Trinajstić information content (AvgIpc) is 2.80. The SMILES string of the molecule is O=S(=O)(c1ccccc1Br)N1CCN(c2ccc(N3CCN(CCO)CC3)nn2)CC1. The van der Waals surface area contributed by atoms with Crippen LogP contribution in [-0.2, 0) is 10.0 Å². The van der Waals surface area contributed by atoms with Crippen LogP contribution in [0.4, 0.5) is 11.6 Å². The summed E-state index contributed by atoms with van der Waals surface area (Å²) < 4.78 is 28.0. The third kappa shape index (κ3) is 5.01. The molecule has 2 aliphatic heterocycles. The number of aliphatic hydroxyl groups excluding tert-OH is 1. The number of rotatable bonds is 6. The van der Waals surface area contributed by atoms with Crippen LogP contribution in [0.1, 0.15) is 0 Å². The van der Waals surface area contributed by atoms with Crippen molar-refractivity contribution in [1.29, 1.82) is 0 Å². The Labute approximate surface area is 191 Å². The van der Waals surface area contributed by atoms with Gasteiger partial charge < -0.3 is 14.9 Å². The molecule has 11 heteroatoms. The quantitative estimate of drug-likeness (QED) is 0.611. The van der Waals surface area contributed by atoms with Crippen molar-refractivity contribution in [2.75, 3.05) is 75.3 Å². The van der Waals surface area contributed by atoms with Gasteiger partial charge in [0.25, 0.3) is 0 Å². The van der Waals surface area contributed by atoms with Crippen molar-refractivity contribution in [3.63, 3.8) is 0 Å². The third-order valence-electron chi connectivity index (χ3n) is 5.77. The van der Waals surface area contributed by atoms with Gasteiger partial charge in [-0.05, 0) is 40.2 Å². The van der Waals surface area contributed by atoms with E-state index in [1.807, 2.05) is 12.1 Å². The molecule has 0 spiro atoms. The molecule has 31 heavy (non-hydrogen) atoms. The molecule has 0 radical (unpaired) electrons. The highest BCUT2D eigenvalue weighted by Crippen LogP contribution is 2.26. The molecule has 0 saturated carbocycles. The second-order valence-electron chi connectivity index (χ2n) is 7.62. The van der Waals surface area contributed by atoms with E-state index in [1.165, 1.54) is 4.31 Å². The predicted molar refractivity (Wildman–Crippen MR) is 123 cm³/mol. The largest absolute Gasteiger partial charge is 0.395 e. The number of nitrogens with zero attached hydrogens (tertiary/aromatic N) is 6. The maximum atomic E-state index is 13.0. The van der Waals surface area contributed by atoms with E-state index in [-0.39, 0.29) is 6.61 Å². The van der Waals surface area contributed by atoms with Crippen LogP contribution >= 0.6 is 15.9 Å². The summed E-state index contributed by atoms with van der Waals surface area (Å²) in [5.41, 5.74) is 0. The van der Waals surface area contributed by atoms with E-state index in [0.29, 0.717) is 42.1 Å². The molecule has 0 bridgehead atoms. The number of piperazine rings is 2. The monoisotopic (exact) mass is 510 g/mol. The minimum absolute atomic E-state index is 0.186. The number of β-amino-alcohol motifs (C(OH)–C–C–N with tert-alkyl or cyclic N) is 1. The molecular weight excluding hydrogens is 484 g/mol. The minimum Gasteiger partial charge on any atom is -0.395 e. The Bertz CT molecular complexity index is 975. The summed E-state index contributed by atoms with van der Waals surface area (Å²) in [5, 5.41) is 17.9. The number of aliphatic hydroxyl groups is 1. The Morgan fingerprint density at radius 1 is 0.839 bits per heavy atom. The number of sulfonamides is 1. The fraction of sp³-hybridized carbons (Fsp3) is 0.500. The molecule has 0 amide bonds. The Kier molecular flexibility index (Phi) is 7.07. The van der Waals surface area contributed by atoms with E-state index < -0.39 is 10.0 Å². The number of anilines is 2. The summed E-state index contributed by atoms with van der Waals surface area (Å²) in [7, 11) is -3.53. The molecule has 1 aromatic heterocycles. The van der Waals surface area contributed by atoms with E-state index in [1.54, 1.807) is 24.3 Å². The highest BCUT2D eigenvalue weighted by atomic mass is 79.9. The first-order valence-corrected chi connectivity index (χ1v) is 12.6.